The molecule has 7 nitrogen and oxygen atoms in total. The summed E-state index contributed by atoms with van der Waals surface area (Å²) in [6.45, 7) is 0. The molecule has 0 bridgehead atoms. The average Bonchev–Trinajstić information content (AvgIpc) is 2.73. The predicted molar refractivity (Wildman–Crippen MR) is 102 cm³/mol. The SMILES string of the molecule is COC=C(C(=O)OC)c1ccccc1Oc1cccc(Oc2ccncn2)c1. The zero-order chi connectivity index (χ0) is 19.8. The van der Waals surface area contributed by atoms with Crippen LogP contribution in [0.2, 0.25) is 0 Å². The smallest absolute Gasteiger partial charge is 0.341 e. The van der Waals surface area contributed by atoms with Gasteiger partial charge >= 0.3 is 5.97 Å². The van der Waals surface area contributed by atoms with Crippen LogP contribution in [0.5, 0.6) is 23.1 Å². The fraction of sp³-hybridized carbons (Fsp3) is 0.0952. The maximum absolute atomic E-state index is 12.1. The van der Waals surface area contributed by atoms with Gasteiger partial charge in [-0.05, 0) is 18.2 Å². The molecule has 0 unspecified atom stereocenters. The quantitative estimate of drug-likeness (QED) is 0.346. The van der Waals surface area contributed by atoms with Crippen molar-refractivity contribution in [2.75, 3.05) is 14.2 Å². The Kier molecular flexibility index (Phi) is 6.20. The number of rotatable bonds is 7. The van der Waals surface area contributed by atoms with Gasteiger partial charge in [-0.15, -0.1) is 0 Å². The van der Waals surface area contributed by atoms with Gasteiger partial charge in [-0.25, -0.2) is 14.8 Å². The first kappa shape index (κ1) is 18.9. The summed E-state index contributed by atoms with van der Waals surface area (Å²) in [7, 11) is 2.77. The number of ether oxygens (including phenoxy) is 4. The summed E-state index contributed by atoms with van der Waals surface area (Å²) in [6.07, 6.45) is 4.32. The Morgan fingerprint density at radius 1 is 0.964 bits per heavy atom. The van der Waals surface area contributed by atoms with Crippen LogP contribution >= 0.6 is 0 Å². The van der Waals surface area contributed by atoms with Gasteiger partial charge < -0.3 is 18.9 Å². The summed E-state index contributed by atoms with van der Waals surface area (Å²) in [5, 5.41) is 0. The summed E-state index contributed by atoms with van der Waals surface area (Å²) in [5.41, 5.74) is 0.785. The van der Waals surface area contributed by atoms with Crippen LogP contribution in [0, 0.1) is 0 Å². The van der Waals surface area contributed by atoms with Crippen LogP contribution in [0.25, 0.3) is 5.57 Å². The number of nitrogens with zero attached hydrogens (tertiary/aromatic N) is 2. The monoisotopic (exact) mass is 378 g/mol. The van der Waals surface area contributed by atoms with E-state index in [2.05, 4.69) is 9.97 Å². The van der Waals surface area contributed by atoms with Gasteiger partial charge in [-0.2, -0.15) is 0 Å². The minimum absolute atomic E-state index is 0.244. The molecule has 2 aromatic carbocycles. The number of esters is 1. The van der Waals surface area contributed by atoms with Crippen molar-refractivity contribution in [1.82, 2.24) is 9.97 Å². The first-order valence-corrected chi connectivity index (χ1v) is 8.33. The molecular weight excluding hydrogens is 360 g/mol. The van der Waals surface area contributed by atoms with Gasteiger partial charge in [0, 0.05) is 23.9 Å². The fourth-order valence-corrected chi connectivity index (χ4v) is 2.42. The van der Waals surface area contributed by atoms with Crippen LogP contribution in [-0.2, 0) is 14.3 Å². The first-order valence-electron chi connectivity index (χ1n) is 8.33. The Bertz CT molecular complexity index is 973. The number of methoxy groups -OCH3 is 2. The van der Waals surface area contributed by atoms with E-state index in [-0.39, 0.29) is 5.57 Å². The van der Waals surface area contributed by atoms with E-state index in [4.69, 9.17) is 18.9 Å². The van der Waals surface area contributed by atoms with Gasteiger partial charge in [0.2, 0.25) is 5.88 Å². The van der Waals surface area contributed by atoms with Crippen molar-refractivity contribution in [3.8, 4) is 23.1 Å². The molecule has 0 spiro atoms. The Morgan fingerprint density at radius 3 is 2.46 bits per heavy atom. The normalized spacial score (nSPS) is 10.9. The van der Waals surface area contributed by atoms with Crippen molar-refractivity contribution in [3.05, 3.63) is 78.9 Å². The number of carbonyl (C=O) groups excluding carboxylic acids is 1. The number of carbonyl (C=O) groups is 1. The molecule has 3 aromatic rings. The van der Waals surface area contributed by atoms with Gasteiger partial charge in [0.05, 0.1) is 20.5 Å². The lowest BCUT2D eigenvalue weighted by Crippen LogP contribution is -2.05. The van der Waals surface area contributed by atoms with Gasteiger partial charge in [-0.3, -0.25) is 0 Å². The van der Waals surface area contributed by atoms with E-state index in [0.29, 0.717) is 28.7 Å². The van der Waals surface area contributed by atoms with Crippen LogP contribution in [0.1, 0.15) is 5.56 Å². The number of benzene rings is 2. The molecule has 0 fully saturated rings. The third-order valence-electron chi connectivity index (χ3n) is 3.63. The maximum Gasteiger partial charge on any atom is 0.341 e. The second kappa shape index (κ2) is 9.18. The molecule has 1 aromatic heterocycles. The number of aromatic nitrogens is 2. The molecule has 142 valence electrons. The third kappa shape index (κ3) is 4.64. The van der Waals surface area contributed by atoms with Crippen LogP contribution in [0.3, 0.4) is 0 Å². The van der Waals surface area contributed by atoms with Crippen LogP contribution in [0.4, 0.5) is 0 Å². The van der Waals surface area contributed by atoms with E-state index in [1.54, 1.807) is 54.7 Å². The lowest BCUT2D eigenvalue weighted by molar-refractivity contribution is -0.133. The third-order valence-corrected chi connectivity index (χ3v) is 3.63. The summed E-state index contributed by atoms with van der Waals surface area (Å²) in [5.74, 6) is 1.44. The summed E-state index contributed by atoms with van der Waals surface area (Å²) in [4.78, 5) is 20.0. The van der Waals surface area contributed by atoms with Crippen LogP contribution in [-0.4, -0.2) is 30.2 Å². The standard InChI is InChI=1S/C21H18N2O5/c1-25-13-18(21(24)26-2)17-8-3-4-9-19(17)27-15-6-5-7-16(12-15)28-20-10-11-22-14-23-20/h3-14H,1-2H3. The molecule has 0 aliphatic heterocycles. The van der Waals surface area contributed by atoms with Crippen molar-refractivity contribution >= 4 is 11.5 Å². The Hall–Kier alpha value is -3.87. The minimum Gasteiger partial charge on any atom is -0.503 e. The van der Waals surface area contributed by atoms with Gasteiger partial charge in [0.1, 0.15) is 29.1 Å². The second-order valence-electron chi connectivity index (χ2n) is 5.48. The number of para-hydroxylation sites is 1. The van der Waals surface area contributed by atoms with Crippen LogP contribution in [0.15, 0.2) is 73.4 Å². The lowest BCUT2D eigenvalue weighted by Gasteiger charge is -2.13. The second-order valence-corrected chi connectivity index (χ2v) is 5.48. The van der Waals surface area contributed by atoms with E-state index < -0.39 is 5.97 Å². The predicted octanol–water partition coefficient (Wildman–Crippen LogP) is 4.22. The topological polar surface area (TPSA) is 79.8 Å². The molecule has 0 aliphatic rings. The zero-order valence-electron chi connectivity index (χ0n) is 15.4. The first-order chi connectivity index (χ1) is 13.7. The summed E-state index contributed by atoms with van der Waals surface area (Å²) >= 11 is 0. The van der Waals surface area contributed by atoms with E-state index in [1.807, 2.05) is 6.07 Å². The minimum atomic E-state index is -0.529. The van der Waals surface area contributed by atoms with Crippen LogP contribution < -0.4 is 9.47 Å². The lowest BCUT2D eigenvalue weighted by atomic mass is 10.1. The van der Waals surface area contributed by atoms with E-state index in [9.17, 15) is 4.79 Å². The zero-order valence-corrected chi connectivity index (χ0v) is 15.4. The summed E-state index contributed by atoms with van der Waals surface area (Å²) < 4.78 is 21.5. The van der Waals surface area contributed by atoms with Crippen molar-refractivity contribution in [1.29, 1.82) is 0 Å². The molecule has 0 saturated carbocycles. The highest BCUT2D eigenvalue weighted by Gasteiger charge is 2.18. The molecule has 0 amide bonds. The van der Waals surface area contributed by atoms with E-state index >= 15 is 0 Å². The highest BCUT2D eigenvalue weighted by atomic mass is 16.5. The Labute approximate surface area is 162 Å². The molecule has 0 atom stereocenters. The van der Waals surface area contributed by atoms with Crippen molar-refractivity contribution < 1.29 is 23.7 Å². The van der Waals surface area contributed by atoms with E-state index in [0.717, 1.165) is 0 Å². The molecule has 1 heterocycles. The average molecular weight is 378 g/mol. The molecule has 0 aliphatic carbocycles. The largest absolute Gasteiger partial charge is 0.503 e. The summed E-state index contributed by atoms with van der Waals surface area (Å²) in [6, 6.07) is 15.8. The van der Waals surface area contributed by atoms with Crippen molar-refractivity contribution in [2.24, 2.45) is 0 Å². The van der Waals surface area contributed by atoms with Gasteiger partial charge in [0.25, 0.3) is 0 Å². The molecule has 3 rings (SSSR count). The molecule has 0 radical (unpaired) electrons. The Balaban J connectivity index is 1.87. The Morgan fingerprint density at radius 2 is 1.75 bits per heavy atom. The fourth-order valence-electron chi connectivity index (χ4n) is 2.42. The molecule has 0 saturated heterocycles. The molecule has 28 heavy (non-hydrogen) atoms. The van der Waals surface area contributed by atoms with E-state index in [1.165, 1.54) is 26.8 Å². The highest BCUT2D eigenvalue weighted by molar-refractivity contribution is 6.17. The molecule has 7 heteroatoms. The van der Waals surface area contributed by atoms with Crippen molar-refractivity contribution in [2.45, 2.75) is 0 Å². The van der Waals surface area contributed by atoms with Crippen molar-refractivity contribution in [3.63, 3.8) is 0 Å². The number of hydrogen-bond donors (Lipinski definition) is 0. The highest BCUT2D eigenvalue weighted by Crippen LogP contribution is 2.33. The number of hydrogen-bond acceptors (Lipinski definition) is 7. The van der Waals surface area contributed by atoms with Gasteiger partial charge in [0.15, 0.2) is 0 Å². The maximum atomic E-state index is 12.1. The molecule has 0 N–H and O–H groups in total. The van der Waals surface area contributed by atoms with Gasteiger partial charge in [-0.1, -0.05) is 24.3 Å². The molecular formula is C21H18N2O5.